The molecular weight excluding hydrogens is 312 g/mol. The van der Waals surface area contributed by atoms with E-state index in [-0.39, 0.29) is 0 Å². The molecule has 1 amide bonds. The predicted octanol–water partition coefficient (Wildman–Crippen LogP) is 4.26. The number of carbonyl (C=O) groups is 2. The van der Waals surface area contributed by atoms with Gasteiger partial charge >= 0.3 is 0 Å². The molecule has 1 aromatic heterocycles. The quantitative estimate of drug-likeness (QED) is 0.558. The lowest BCUT2D eigenvalue weighted by molar-refractivity contribution is -0.112. The van der Waals surface area contributed by atoms with E-state index in [9.17, 15) is 9.59 Å². The molecular formula is C18H15ClN2O2. The fourth-order valence-corrected chi connectivity index (χ4v) is 2.99. The number of hydrogen-bond donors (Lipinski definition) is 2. The molecule has 5 heteroatoms. The lowest BCUT2D eigenvalue weighted by Crippen LogP contribution is -2.23. The van der Waals surface area contributed by atoms with Crippen LogP contribution in [-0.4, -0.2) is 16.7 Å². The number of Topliss-reactive ketones (excluding diaryl/α,β-unsaturated/α-hetero) is 1. The van der Waals surface area contributed by atoms with E-state index in [1.54, 1.807) is 18.3 Å². The van der Waals surface area contributed by atoms with Gasteiger partial charge in [-0.3, -0.25) is 9.59 Å². The second-order valence-corrected chi connectivity index (χ2v) is 5.88. The highest BCUT2D eigenvalue weighted by Gasteiger charge is 2.21. The highest BCUT2D eigenvalue weighted by atomic mass is 35.5. The van der Waals surface area contributed by atoms with Crippen LogP contribution in [0, 0.1) is 13.8 Å². The zero-order chi connectivity index (χ0) is 16.6. The predicted molar refractivity (Wildman–Crippen MR) is 92.2 cm³/mol. The zero-order valence-electron chi connectivity index (χ0n) is 12.7. The van der Waals surface area contributed by atoms with Crippen LogP contribution >= 0.6 is 11.6 Å². The average Bonchev–Trinajstić information content (AvgIpc) is 2.93. The summed E-state index contributed by atoms with van der Waals surface area (Å²) < 4.78 is 0. The first-order valence-electron chi connectivity index (χ1n) is 7.16. The van der Waals surface area contributed by atoms with Crippen LogP contribution in [0.3, 0.4) is 0 Å². The van der Waals surface area contributed by atoms with Gasteiger partial charge < -0.3 is 10.3 Å². The summed E-state index contributed by atoms with van der Waals surface area (Å²) in [4.78, 5) is 27.7. The van der Waals surface area contributed by atoms with Crippen LogP contribution in [0.5, 0.6) is 0 Å². The summed E-state index contributed by atoms with van der Waals surface area (Å²) >= 11 is 6.17. The number of carbonyl (C=O) groups excluding carboxylic acids is 2. The van der Waals surface area contributed by atoms with E-state index in [4.69, 9.17) is 11.6 Å². The Bertz CT molecular complexity index is 905. The van der Waals surface area contributed by atoms with Gasteiger partial charge in [-0.15, -0.1) is 0 Å². The van der Waals surface area contributed by atoms with Crippen molar-refractivity contribution in [1.82, 2.24) is 4.98 Å². The van der Waals surface area contributed by atoms with Gasteiger partial charge in [0.15, 0.2) is 0 Å². The van der Waals surface area contributed by atoms with Crippen LogP contribution in [-0.2, 0) is 4.79 Å². The Morgan fingerprint density at radius 2 is 1.87 bits per heavy atom. The van der Waals surface area contributed by atoms with Gasteiger partial charge in [0.25, 0.3) is 11.7 Å². The highest BCUT2D eigenvalue weighted by molar-refractivity contribution is 6.49. The average molecular weight is 327 g/mol. The first kappa shape index (κ1) is 15.3. The summed E-state index contributed by atoms with van der Waals surface area (Å²) in [7, 11) is 0. The monoisotopic (exact) mass is 326 g/mol. The summed E-state index contributed by atoms with van der Waals surface area (Å²) in [5.74, 6) is -1.30. The minimum atomic E-state index is -0.705. The maximum Gasteiger partial charge on any atom is 0.296 e. The van der Waals surface area contributed by atoms with E-state index in [1.807, 2.05) is 38.1 Å². The van der Waals surface area contributed by atoms with Gasteiger partial charge in [-0.25, -0.2) is 0 Å². The summed E-state index contributed by atoms with van der Waals surface area (Å²) in [6.07, 6.45) is 1.55. The number of nitrogens with one attached hydrogen (secondary N) is 2. The second-order valence-electron chi connectivity index (χ2n) is 5.47. The molecule has 0 saturated heterocycles. The SMILES string of the molecule is Cc1cc(C)c(NC(=O)C(=O)c2c[nH]c3ccccc23)c(Cl)c1. The van der Waals surface area contributed by atoms with Crippen molar-refractivity contribution in [2.24, 2.45) is 0 Å². The lowest BCUT2D eigenvalue weighted by Gasteiger charge is -2.10. The number of rotatable bonds is 3. The number of benzene rings is 2. The number of halogens is 1. The molecule has 0 aliphatic rings. The first-order valence-corrected chi connectivity index (χ1v) is 7.53. The molecule has 0 atom stereocenters. The third-order valence-corrected chi connectivity index (χ3v) is 4.01. The molecule has 0 bridgehead atoms. The third-order valence-electron chi connectivity index (χ3n) is 3.71. The Hall–Kier alpha value is -2.59. The minimum Gasteiger partial charge on any atom is -0.360 e. The lowest BCUT2D eigenvalue weighted by atomic mass is 10.1. The van der Waals surface area contributed by atoms with Crippen LogP contribution in [0.1, 0.15) is 21.5 Å². The Labute approximate surface area is 138 Å². The van der Waals surface area contributed by atoms with Gasteiger partial charge in [0.2, 0.25) is 0 Å². The molecule has 23 heavy (non-hydrogen) atoms. The Balaban J connectivity index is 1.91. The normalized spacial score (nSPS) is 10.7. The van der Waals surface area contributed by atoms with Crippen molar-refractivity contribution in [3.05, 3.63) is 64.3 Å². The number of H-pyrrole nitrogens is 1. The van der Waals surface area contributed by atoms with Crippen LogP contribution in [0.4, 0.5) is 5.69 Å². The first-order chi connectivity index (χ1) is 11.0. The van der Waals surface area contributed by atoms with Gasteiger partial charge in [0.1, 0.15) is 0 Å². The Morgan fingerprint density at radius 1 is 1.13 bits per heavy atom. The van der Waals surface area contributed by atoms with E-state index in [1.165, 1.54) is 0 Å². The van der Waals surface area contributed by atoms with Gasteiger partial charge in [0, 0.05) is 17.1 Å². The number of anilines is 1. The Kier molecular flexibility index (Phi) is 3.92. The van der Waals surface area contributed by atoms with Gasteiger partial charge in [0.05, 0.1) is 16.3 Å². The van der Waals surface area contributed by atoms with Crippen LogP contribution in [0.25, 0.3) is 10.9 Å². The summed E-state index contributed by atoms with van der Waals surface area (Å²) in [6.45, 7) is 3.76. The molecule has 3 rings (SSSR count). The fourth-order valence-electron chi connectivity index (χ4n) is 2.63. The van der Waals surface area contributed by atoms with Crippen molar-refractivity contribution in [2.45, 2.75) is 13.8 Å². The number of para-hydroxylation sites is 1. The number of ketones is 1. The summed E-state index contributed by atoms with van der Waals surface area (Å²) in [6, 6.07) is 11.0. The van der Waals surface area contributed by atoms with E-state index < -0.39 is 11.7 Å². The van der Waals surface area contributed by atoms with Crippen molar-refractivity contribution in [2.75, 3.05) is 5.32 Å². The largest absolute Gasteiger partial charge is 0.360 e. The molecule has 0 saturated carbocycles. The third kappa shape index (κ3) is 2.85. The van der Waals surface area contributed by atoms with Gasteiger partial charge in [-0.05, 0) is 37.1 Å². The van der Waals surface area contributed by atoms with E-state index in [2.05, 4.69) is 10.3 Å². The van der Waals surface area contributed by atoms with Crippen molar-refractivity contribution in [3.63, 3.8) is 0 Å². The standard InChI is InChI=1S/C18H15ClN2O2/c1-10-7-11(2)16(14(19)8-10)21-18(23)17(22)13-9-20-15-6-4-3-5-12(13)15/h3-9,20H,1-2H3,(H,21,23). The second kappa shape index (κ2) is 5.89. The zero-order valence-corrected chi connectivity index (χ0v) is 13.5. The number of hydrogen-bond acceptors (Lipinski definition) is 2. The smallest absolute Gasteiger partial charge is 0.296 e. The molecule has 0 spiro atoms. The number of aromatic amines is 1. The van der Waals surface area contributed by atoms with Crippen molar-refractivity contribution < 1.29 is 9.59 Å². The molecule has 116 valence electrons. The van der Waals surface area contributed by atoms with Crippen LogP contribution < -0.4 is 5.32 Å². The van der Waals surface area contributed by atoms with E-state index >= 15 is 0 Å². The molecule has 2 aromatic carbocycles. The molecule has 3 aromatic rings. The topological polar surface area (TPSA) is 62.0 Å². The molecule has 0 radical (unpaired) electrons. The fraction of sp³-hybridized carbons (Fsp3) is 0.111. The number of aryl methyl sites for hydroxylation is 2. The molecule has 0 aliphatic heterocycles. The number of aromatic nitrogens is 1. The maximum atomic E-state index is 12.4. The Morgan fingerprint density at radius 3 is 2.61 bits per heavy atom. The molecule has 0 fully saturated rings. The highest BCUT2D eigenvalue weighted by Crippen LogP contribution is 2.27. The van der Waals surface area contributed by atoms with Crippen molar-refractivity contribution >= 4 is 39.9 Å². The molecule has 0 unspecified atom stereocenters. The maximum absolute atomic E-state index is 12.4. The van der Waals surface area contributed by atoms with E-state index in [0.717, 1.165) is 22.0 Å². The summed E-state index contributed by atoms with van der Waals surface area (Å²) in [5.41, 5.74) is 3.44. The van der Waals surface area contributed by atoms with Crippen LogP contribution in [0.15, 0.2) is 42.6 Å². The van der Waals surface area contributed by atoms with Crippen molar-refractivity contribution in [1.29, 1.82) is 0 Å². The van der Waals surface area contributed by atoms with Gasteiger partial charge in [-0.2, -0.15) is 0 Å². The molecule has 0 aliphatic carbocycles. The molecule has 1 heterocycles. The van der Waals surface area contributed by atoms with Gasteiger partial charge in [-0.1, -0.05) is 35.9 Å². The molecule has 2 N–H and O–H groups in total. The number of fused-ring (bicyclic) bond motifs is 1. The van der Waals surface area contributed by atoms with Crippen molar-refractivity contribution in [3.8, 4) is 0 Å². The number of amides is 1. The summed E-state index contributed by atoms with van der Waals surface area (Å²) in [5, 5.41) is 3.76. The minimum absolute atomic E-state index is 0.346. The van der Waals surface area contributed by atoms with E-state index in [0.29, 0.717) is 16.3 Å². The molecule has 4 nitrogen and oxygen atoms in total. The van der Waals surface area contributed by atoms with Crippen LogP contribution in [0.2, 0.25) is 5.02 Å².